The van der Waals surface area contributed by atoms with Crippen LogP contribution < -0.4 is 5.32 Å². The maximum atomic E-state index is 11.9. The molecule has 0 bridgehead atoms. The van der Waals surface area contributed by atoms with E-state index >= 15 is 0 Å². The first-order valence-corrected chi connectivity index (χ1v) is 5.80. The summed E-state index contributed by atoms with van der Waals surface area (Å²) < 4.78 is 5.04. The Labute approximate surface area is 102 Å². The molecule has 0 radical (unpaired) electrons. The number of carbonyl (C=O) groups excluding carboxylic acids is 2. The lowest BCUT2D eigenvalue weighted by Crippen LogP contribution is -2.54. The maximum absolute atomic E-state index is 11.9. The first-order chi connectivity index (χ1) is 8.08. The summed E-state index contributed by atoms with van der Waals surface area (Å²) in [4.78, 5) is 26.6. The second-order valence-corrected chi connectivity index (χ2v) is 4.34. The summed E-state index contributed by atoms with van der Waals surface area (Å²) in [5, 5.41) is 2.68. The fraction of sp³-hybridized carbons (Fsp3) is 0.818. The summed E-state index contributed by atoms with van der Waals surface area (Å²) in [6.45, 7) is 4.85. The first-order valence-electron chi connectivity index (χ1n) is 5.80. The molecule has 0 spiro atoms. The average Bonchev–Trinajstić information content (AvgIpc) is 2.35. The zero-order chi connectivity index (χ0) is 12.8. The monoisotopic (exact) mass is 243 g/mol. The summed E-state index contributed by atoms with van der Waals surface area (Å²) in [6, 6.07) is -0.786. The standard InChI is InChI=1S/C11H21N3O3/c1-9(17-3)10(8-15)12-11(16)14-6-4-13(2)5-7-14/h8-10H,4-7H2,1-3H3,(H,12,16)/t9-,10-/m1/s1. The molecular formula is C11H21N3O3. The van der Waals surface area contributed by atoms with Crippen LogP contribution in [0.5, 0.6) is 0 Å². The molecule has 1 fully saturated rings. The van der Waals surface area contributed by atoms with Gasteiger partial charge in [-0.25, -0.2) is 4.79 Å². The van der Waals surface area contributed by atoms with Crippen LogP contribution >= 0.6 is 0 Å². The molecule has 0 aromatic rings. The van der Waals surface area contributed by atoms with Gasteiger partial charge in [0.1, 0.15) is 12.3 Å². The molecule has 1 aliphatic heterocycles. The number of carbonyl (C=O) groups is 2. The van der Waals surface area contributed by atoms with E-state index < -0.39 is 6.04 Å². The largest absolute Gasteiger partial charge is 0.379 e. The molecule has 1 N–H and O–H groups in total. The van der Waals surface area contributed by atoms with Crippen LogP contribution in [-0.2, 0) is 9.53 Å². The maximum Gasteiger partial charge on any atom is 0.318 e. The van der Waals surface area contributed by atoms with E-state index in [-0.39, 0.29) is 12.1 Å². The Morgan fingerprint density at radius 3 is 2.41 bits per heavy atom. The van der Waals surface area contributed by atoms with E-state index in [2.05, 4.69) is 10.2 Å². The quantitative estimate of drug-likeness (QED) is 0.679. The highest BCUT2D eigenvalue weighted by molar-refractivity contribution is 5.78. The van der Waals surface area contributed by atoms with Crippen LogP contribution in [0.15, 0.2) is 0 Å². The molecule has 0 aromatic heterocycles. The lowest BCUT2D eigenvalue weighted by molar-refractivity contribution is -0.112. The van der Waals surface area contributed by atoms with Crippen molar-refractivity contribution in [1.29, 1.82) is 0 Å². The van der Waals surface area contributed by atoms with Gasteiger partial charge in [0.2, 0.25) is 0 Å². The summed E-state index contributed by atoms with van der Waals surface area (Å²) in [7, 11) is 3.54. The van der Waals surface area contributed by atoms with Crippen molar-refractivity contribution in [2.45, 2.75) is 19.1 Å². The van der Waals surface area contributed by atoms with Gasteiger partial charge in [0.15, 0.2) is 0 Å². The fourth-order valence-corrected chi connectivity index (χ4v) is 1.65. The molecule has 0 aliphatic carbocycles. The third kappa shape index (κ3) is 3.98. The van der Waals surface area contributed by atoms with Crippen LogP contribution in [0.3, 0.4) is 0 Å². The van der Waals surface area contributed by atoms with Crippen LogP contribution in [0.1, 0.15) is 6.92 Å². The van der Waals surface area contributed by atoms with Crippen molar-refractivity contribution in [2.24, 2.45) is 0 Å². The number of rotatable bonds is 4. The second-order valence-electron chi connectivity index (χ2n) is 4.34. The van der Waals surface area contributed by atoms with Crippen molar-refractivity contribution in [3.63, 3.8) is 0 Å². The fourth-order valence-electron chi connectivity index (χ4n) is 1.65. The molecule has 6 heteroatoms. The van der Waals surface area contributed by atoms with Gasteiger partial charge in [0.05, 0.1) is 6.10 Å². The predicted octanol–water partition coefficient (Wildman–Crippen LogP) is -0.454. The van der Waals surface area contributed by atoms with Crippen molar-refractivity contribution >= 4 is 12.3 Å². The predicted molar refractivity (Wildman–Crippen MR) is 63.9 cm³/mol. The third-order valence-electron chi connectivity index (χ3n) is 3.10. The highest BCUT2D eigenvalue weighted by atomic mass is 16.5. The number of urea groups is 1. The van der Waals surface area contributed by atoms with Gasteiger partial charge in [-0.1, -0.05) is 0 Å². The Kier molecular flexibility index (Phi) is 5.37. The number of aldehydes is 1. The number of amides is 2. The lowest BCUT2D eigenvalue weighted by atomic mass is 10.2. The Morgan fingerprint density at radius 1 is 1.35 bits per heavy atom. The number of likely N-dealkylation sites (N-methyl/N-ethyl adjacent to an activating group) is 1. The Morgan fingerprint density at radius 2 is 1.94 bits per heavy atom. The molecule has 17 heavy (non-hydrogen) atoms. The highest BCUT2D eigenvalue weighted by Crippen LogP contribution is 2.01. The first kappa shape index (κ1) is 13.9. The van der Waals surface area contributed by atoms with Gasteiger partial charge in [0, 0.05) is 33.3 Å². The Bertz CT molecular complexity index is 265. The molecule has 2 atom stereocenters. The van der Waals surface area contributed by atoms with Crippen molar-refractivity contribution in [3.05, 3.63) is 0 Å². The lowest BCUT2D eigenvalue weighted by Gasteiger charge is -2.33. The minimum absolute atomic E-state index is 0.195. The van der Waals surface area contributed by atoms with Crippen LogP contribution in [0, 0.1) is 0 Å². The van der Waals surface area contributed by atoms with Gasteiger partial charge in [-0.3, -0.25) is 0 Å². The van der Waals surface area contributed by atoms with Crippen LogP contribution in [0.2, 0.25) is 0 Å². The number of nitrogens with one attached hydrogen (secondary N) is 1. The Hall–Kier alpha value is -1.14. The molecule has 1 rings (SSSR count). The van der Waals surface area contributed by atoms with Gasteiger partial charge in [-0.15, -0.1) is 0 Å². The molecule has 0 unspecified atom stereocenters. The van der Waals surface area contributed by atoms with Gasteiger partial charge in [0.25, 0.3) is 0 Å². The SMILES string of the molecule is CO[C@H](C)[C@@H](C=O)NC(=O)N1CCN(C)CC1. The van der Waals surface area contributed by atoms with Crippen molar-refractivity contribution in [3.8, 4) is 0 Å². The van der Waals surface area contributed by atoms with E-state index in [0.29, 0.717) is 19.4 Å². The molecule has 0 saturated carbocycles. The van der Waals surface area contributed by atoms with E-state index in [9.17, 15) is 9.59 Å². The summed E-state index contributed by atoms with van der Waals surface area (Å²) >= 11 is 0. The number of methoxy groups -OCH3 is 1. The van der Waals surface area contributed by atoms with Crippen molar-refractivity contribution in [2.75, 3.05) is 40.3 Å². The zero-order valence-electron chi connectivity index (χ0n) is 10.7. The normalized spacial score (nSPS) is 20.8. The molecule has 98 valence electrons. The van der Waals surface area contributed by atoms with E-state index in [4.69, 9.17) is 4.74 Å². The van der Waals surface area contributed by atoms with E-state index in [0.717, 1.165) is 13.1 Å². The molecule has 6 nitrogen and oxygen atoms in total. The number of hydrogen-bond acceptors (Lipinski definition) is 4. The topological polar surface area (TPSA) is 61.9 Å². The van der Waals surface area contributed by atoms with E-state index in [1.165, 1.54) is 7.11 Å². The van der Waals surface area contributed by atoms with Crippen LogP contribution in [-0.4, -0.2) is 74.6 Å². The minimum Gasteiger partial charge on any atom is -0.379 e. The van der Waals surface area contributed by atoms with Gasteiger partial charge >= 0.3 is 6.03 Å². The van der Waals surface area contributed by atoms with E-state index in [1.54, 1.807) is 11.8 Å². The van der Waals surface area contributed by atoms with E-state index in [1.807, 2.05) is 7.05 Å². The van der Waals surface area contributed by atoms with Crippen molar-refractivity contribution < 1.29 is 14.3 Å². The summed E-state index contributed by atoms with van der Waals surface area (Å²) in [6.07, 6.45) is 0.395. The number of piperazine rings is 1. The molecule has 2 amide bonds. The third-order valence-corrected chi connectivity index (χ3v) is 3.10. The van der Waals surface area contributed by atoms with Gasteiger partial charge < -0.3 is 24.6 Å². The number of hydrogen-bond donors (Lipinski definition) is 1. The molecule has 1 heterocycles. The smallest absolute Gasteiger partial charge is 0.318 e. The Balaban J connectivity index is 2.44. The second kappa shape index (κ2) is 6.56. The molecule has 1 saturated heterocycles. The van der Waals surface area contributed by atoms with Crippen LogP contribution in [0.25, 0.3) is 0 Å². The van der Waals surface area contributed by atoms with Crippen molar-refractivity contribution in [1.82, 2.24) is 15.1 Å². The average molecular weight is 243 g/mol. The number of ether oxygens (including phenoxy) is 1. The van der Waals surface area contributed by atoms with Gasteiger partial charge in [-0.05, 0) is 14.0 Å². The highest BCUT2D eigenvalue weighted by Gasteiger charge is 2.23. The zero-order valence-corrected chi connectivity index (χ0v) is 10.7. The minimum atomic E-state index is -0.591. The molecule has 0 aromatic carbocycles. The summed E-state index contributed by atoms with van der Waals surface area (Å²) in [5.74, 6) is 0. The molecular weight excluding hydrogens is 222 g/mol. The summed E-state index contributed by atoms with van der Waals surface area (Å²) in [5.41, 5.74) is 0. The molecule has 1 aliphatic rings. The van der Waals surface area contributed by atoms with Gasteiger partial charge in [-0.2, -0.15) is 0 Å². The number of nitrogens with zero attached hydrogens (tertiary/aromatic N) is 2. The van der Waals surface area contributed by atoms with Crippen LogP contribution in [0.4, 0.5) is 4.79 Å².